The molecule has 1 fully saturated rings. The molecule has 108 valence electrons. The van der Waals surface area contributed by atoms with E-state index in [1.165, 1.54) is 4.90 Å². The van der Waals surface area contributed by atoms with Gasteiger partial charge in [-0.3, -0.25) is 14.9 Å². The Morgan fingerprint density at radius 3 is 2.80 bits per heavy atom. The molecule has 0 bridgehead atoms. The lowest BCUT2D eigenvalue weighted by Crippen LogP contribution is -2.37. The minimum atomic E-state index is -1.29. The van der Waals surface area contributed by atoms with E-state index in [9.17, 15) is 23.7 Å². The molecule has 0 N–H and O–H groups in total. The van der Waals surface area contributed by atoms with E-state index in [1.54, 1.807) is 0 Å². The average molecular weight is 349 g/mol. The van der Waals surface area contributed by atoms with Crippen molar-refractivity contribution in [2.75, 3.05) is 11.9 Å². The molecule has 1 aromatic rings. The summed E-state index contributed by atoms with van der Waals surface area (Å²) in [6.07, 6.45) is 1.52. The van der Waals surface area contributed by atoms with E-state index >= 15 is 0 Å². The second kappa shape index (κ2) is 5.82. The lowest BCUT2D eigenvalue weighted by molar-refractivity contribution is -0.387. The highest BCUT2D eigenvalue weighted by Gasteiger charge is 2.32. The summed E-state index contributed by atoms with van der Waals surface area (Å²) in [5, 5.41) is 11.2. The van der Waals surface area contributed by atoms with Crippen molar-refractivity contribution in [2.24, 2.45) is 0 Å². The number of nitro groups is 1. The summed E-state index contributed by atoms with van der Waals surface area (Å²) in [5.41, 5.74) is -1.62. The molecule has 1 aromatic carbocycles. The Balaban J connectivity index is 2.42. The van der Waals surface area contributed by atoms with E-state index in [0.717, 1.165) is 12.8 Å². The van der Waals surface area contributed by atoms with Gasteiger partial charge in [0.1, 0.15) is 5.82 Å². The molecule has 0 radical (unpaired) electrons. The monoisotopic (exact) mass is 348 g/mol. The molecule has 1 saturated heterocycles. The number of nitrogens with zero attached hydrogens (tertiary/aromatic N) is 2. The molecule has 0 aliphatic carbocycles. The summed E-state index contributed by atoms with van der Waals surface area (Å²) < 4.78 is 27.3. The van der Waals surface area contributed by atoms with Crippen LogP contribution < -0.4 is 0 Å². The third-order valence-corrected chi connectivity index (χ3v) is 4.01. The first-order valence-electron chi connectivity index (χ1n) is 5.96. The molecule has 1 amide bonds. The van der Waals surface area contributed by atoms with Crippen molar-refractivity contribution >= 4 is 27.5 Å². The Hall–Kier alpha value is -1.57. The van der Waals surface area contributed by atoms with Crippen LogP contribution in [0.1, 0.15) is 23.2 Å². The Labute approximate surface area is 121 Å². The average Bonchev–Trinajstić information content (AvgIpc) is 2.88. The number of alkyl halides is 1. The van der Waals surface area contributed by atoms with Crippen molar-refractivity contribution in [3.63, 3.8) is 0 Å². The molecular weight excluding hydrogens is 338 g/mol. The molecule has 8 heteroatoms. The smallest absolute Gasteiger partial charge is 0.308 e. The van der Waals surface area contributed by atoms with Crippen LogP contribution >= 0.6 is 15.9 Å². The van der Waals surface area contributed by atoms with Crippen molar-refractivity contribution in [1.82, 2.24) is 4.90 Å². The van der Waals surface area contributed by atoms with Crippen LogP contribution in [0.25, 0.3) is 0 Å². The number of likely N-dealkylation sites (tertiary alicyclic amines) is 1. The van der Waals surface area contributed by atoms with Crippen molar-refractivity contribution < 1.29 is 18.5 Å². The van der Waals surface area contributed by atoms with Gasteiger partial charge < -0.3 is 4.90 Å². The third-order valence-electron chi connectivity index (χ3n) is 3.26. The number of carbonyl (C=O) groups excluding carboxylic acids is 1. The van der Waals surface area contributed by atoms with Crippen molar-refractivity contribution in [1.29, 1.82) is 0 Å². The maximum Gasteiger partial charge on any atom is 0.308 e. The molecule has 1 aliphatic heterocycles. The largest absolute Gasteiger partial charge is 0.335 e. The van der Waals surface area contributed by atoms with E-state index in [1.807, 2.05) is 0 Å². The second-order valence-corrected chi connectivity index (χ2v) is 5.14. The summed E-state index contributed by atoms with van der Waals surface area (Å²) in [6, 6.07) is 1.07. The van der Waals surface area contributed by atoms with E-state index in [4.69, 9.17) is 0 Å². The standard InChI is InChI=1S/C12H11BrF2N2O3/c13-6-8-2-1-3-16(8)12(18)9-4-7(14)5-10(11(9)15)17(19)20/h4-5,8H,1-3,6H2. The molecule has 0 aromatic heterocycles. The number of benzene rings is 1. The van der Waals surface area contributed by atoms with Gasteiger partial charge in [0.25, 0.3) is 5.91 Å². The fraction of sp³-hybridized carbons (Fsp3) is 0.417. The zero-order chi connectivity index (χ0) is 14.9. The first-order valence-corrected chi connectivity index (χ1v) is 7.08. The van der Waals surface area contributed by atoms with E-state index < -0.39 is 33.7 Å². The van der Waals surface area contributed by atoms with Crippen molar-refractivity contribution in [3.05, 3.63) is 39.4 Å². The van der Waals surface area contributed by atoms with Gasteiger partial charge in [-0.1, -0.05) is 15.9 Å². The molecule has 0 spiro atoms. The second-order valence-electron chi connectivity index (χ2n) is 4.49. The quantitative estimate of drug-likeness (QED) is 0.479. The first kappa shape index (κ1) is 14.8. The van der Waals surface area contributed by atoms with Gasteiger partial charge in [-0.2, -0.15) is 4.39 Å². The summed E-state index contributed by atoms with van der Waals surface area (Å²) in [6.45, 7) is 0.429. The van der Waals surface area contributed by atoms with Gasteiger partial charge in [0.05, 0.1) is 16.6 Å². The van der Waals surface area contributed by atoms with Crippen LogP contribution in [0.4, 0.5) is 14.5 Å². The topological polar surface area (TPSA) is 63.4 Å². The van der Waals surface area contributed by atoms with Crippen LogP contribution in [0, 0.1) is 21.7 Å². The SMILES string of the molecule is O=C(c1cc(F)cc([N+](=O)[O-])c1F)N1CCCC1CBr. The highest BCUT2D eigenvalue weighted by atomic mass is 79.9. The molecule has 1 atom stereocenters. The van der Waals surface area contributed by atoms with Crippen LogP contribution in [0.5, 0.6) is 0 Å². The van der Waals surface area contributed by atoms with Gasteiger partial charge in [0, 0.05) is 17.9 Å². The van der Waals surface area contributed by atoms with Crippen LogP contribution in [0.2, 0.25) is 0 Å². The molecule has 0 saturated carbocycles. The third kappa shape index (κ3) is 2.65. The summed E-state index contributed by atoms with van der Waals surface area (Å²) in [5.74, 6) is -3.01. The summed E-state index contributed by atoms with van der Waals surface area (Å²) in [7, 11) is 0. The first-order chi connectivity index (χ1) is 9.45. The Kier molecular flexibility index (Phi) is 4.32. The van der Waals surface area contributed by atoms with Crippen molar-refractivity contribution in [2.45, 2.75) is 18.9 Å². The summed E-state index contributed by atoms with van der Waals surface area (Å²) >= 11 is 3.26. The number of hydrogen-bond acceptors (Lipinski definition) is 3. The molecule has 1 heterocycles. The van der Waals surface area contributed by atoms with Crippen LogP contribution in [-0.2, 0) is 0 Å². The van der Waals surface area contributed by atoms with Gasteiger partial charge in [0.2, 0.25) is 5.82 Å². The molecule has 2 rings (SSSR count). The molecule has 1 aliphatic rings. The number of amides is 1. The maximum atomic E-state index is 14.0. The highest BCUT2D eigenvalue weighted by molar-refractivity contribution is 9.09. The lowest BCUT2D eigenvalue weighted by Gasteiger charge is -2.23. The Morgan fingerprint density at radius 1 is 1.50 bits per heavy atom. The molecule has 5 nitrogen and oxygen atoms in total. The minimum Gasteiger partial charge on any atom is -0.335 e. The maximum absolute atomic E-state index is 14.0. The summed E-state index contributed by atoms with van der Waals surface area (Å²) in [4.78, 5) is 23.3. The number of nitro benzene ring substituents is 1. The number of carbonyl (C=O) groups is 1. The van der Waals surface area contributed by atoms with Gasteiger partial charge in [-0.25, -0.2) is 4.39 Å². The number of halogens is 3. The fourth-order valence-electron chi connectivity index (χ4n) is 2.28. The van der Waals surface area contributed by atoms with Gasteiger partial charge in [-0.05, 0) is 18.9 Å². The Bertz CT molecular complexity index is 568. The molecule has 1 unspecified atom stereocenters. The predicted molar refractivity (Wildman–Crippen MR) is 70.9 cm³/mol. The van der Waals surface area contributed by atoms with Gasteiger partial charge in [0.15, 0.2) is 0 Å². The van der Waals surface area contributed by atoms with Crippen LogP contribution in [-0.4, -0.2) is 33.6 Å². The van der Waals surface area contributed by atoms with E-state index in [0.29, 0.717) is 24.0 Å². The zero-order valence-electron chi connectivity index (χ0n) is 10.3. The highest BCUT2D eigenvalue weighted by Crippen LogP contribution is 2.27. The zero-order valence-corrected chi connectivity index (χ0v) is 11.9. The van der Waals surface area contributed by atoms with E-state index in [2.05, 4.69) is 15.9 Å². The Morgan fingerprint density at radius 2 is 2.20 bits per heavy atom. The predicted octanol–water partition coefficient (Wildman–Crippen LogP) is 2.87. The normalized spacial score (nSPS) is 18.4. The minimum absolute atomic E-state index is 0.107. The van der Waals surface area contributed by atoms with E-state index in [-0.39, 0.29) is 6.04 Å². The number of hydrogen-bond donors (Lipinski definition) is 0. The van der Waals surface area contributed by atoms with Crippen molar-refractivity contribution in [3.8, 4) is 0 Å². The van der Waals surface area contributed by atoms with Crippen LogP contribution in [0.3, 0.4) is 0 Å². The van der Waals surface area contributed by atoms with Gasteiger partial charge in [-0.15, -0.1) is 0 Å². The number of rotatable bonds is 3. The van der Waals surface area contributed by atoms with Gasteiger partial charge >= 0.3 is 5.69 Å². The van der Waals surface area contributed by atoms with Crippen LogP contribution in [0.15, 0.2) is 12.1 Å². The molecular formula is C12H11BrF2N2O3. The fourth-order valence-corrected chi connectivity index (χ4v) is 2.95. The lowest BCUT2D eigenvalue weighted by atomic mass is 10.1. The molecule has 20 heavy (non-hydrogen) atoms.